The summed E-state index contributed by atoms with van der Waals surface area (Å²) < 4.78 is 0. The standard InChI is InChI=1S/C14H27N3O/c1-2-8-15-12-3-5-13(6-4-12)17-10-7-14(18)16-9-11-17/h12-13,15H,2-11H2,1H3,(H,16,18). The van der Waals surface area contributed by atoms with Crippen LogP contribution in [0.5, 0.6) is 0 Å². The molecule has 0 aromatic carbocycles. The van der Waals surface area contributed by atoms with Crippen LogP contribution < -0.4 is 10.6 Å². The van der Waals surface area contributed by atoms with Crippen LogP contribution in [-0.2, 0) is 4.79 Å². The zero-order chi connectivity index (χ0) is 12.8. The second-order valence-corrected chi connectivity index (χ2v) is 5.60. The molecule has 0 spiro atoms. The molecule has 18 heavy (non-hydrogen) atoms. The summed E-state index contributed by atoms with van der Waals surface area (Å²) in [6.45, 7) is 6.18. The minimum atomic E-state index is 0.218. The molecule has 2 N–H and O–H groups in total. The Kier molecular flexibility index (Phi) is 5.45. The van der Waals surface area contributed by atoms with Crippen molar-refractivity contribution in [3.63, 3.8) is 0 Å². The molecular formula is C14H27N3O. The number of nitrogens with one attached hydrogen (secondary N) is 2. The first-order valence-electron chi connectivity index (χ1n) is 7.53. The van der Waals surface area contributed by atoms with E-state index in [1.54, 1.807) is 0 Å². The molecule has 4 nitrogen and oxygen atoms in total. The van der Waals surface area contributed by atoms with E-state index in [4.69, 9.17) is 0 Å². The largest absolute Gasteiger partial charge is 0.355 e. The van der Waals surface area contributed by atoms with Crippen molar-refractivity contribution in [1.82, 2.24) is 15.5 Å². The molecule has 0 aromatic rings. The SMILES string of the molecule is CCCNC1CCC(N2CCNC(=O)CC2)CC1. The van der Waals surface area contributed by atoms with Crippen molar-refractivity contribution in [3.8, 4) is 0 Å². The van der Waals surface area contributed by atoms with Crippen molar-refractivity contribution in [2.24, 2.45) is 0 Å². The first-order chi connectivity index (χ1) is 8.79. The average molecular weight is 253 g/mol. The van der Waals surface area contributed by atoms with Crippen LogP contribution in [0.15, 0.2) is 0 Å². The predicted octanol–water partition coefficient (Wildman–Crippen LogP) is 1.12. The van der Waals surface area contributed by atoms with Crippen LogP contribution in [0.3, 0.4) is 0 Å². The van der Waals surface area contributed by atoms with Crippen molar-refractivity contribution in [1.29, 1.82) is 0 Å². The summed E-state index contributed by atoms with van der Waals surface area (Å²) in [4.78, 5) is 13.9. The molecule has 0 atom stereocenters. The lowest BCUT2D eigenvalue weighted by Crippen LogP contribution is -2.43. The fraction of sp³-hybridized carbons (Fsp3) is 0.929. The molecule has 0 bridgehead atoms. The van der Waals surface area contributed by atoms with Gasteiger partial charge in [0, 0.05) is 38.1 Å². The molecular weight excluding hydrogens is 226 g/mol. The molecule has 2 rings (SSSR count). The molecule has 1 saturated carbocycles. The molecule has 0 aromatic heterocycles. The lowest BCUT2D eigenvalue weighted by atomic mass is 9.90. The van der Waals surface area contributed by atoms with E-state index in [9.17, 15) is 4.79 Å². The van der Waals surface area contributed by atoms with Gasteiger partial charge in [0.2, 0.25) is 5.91 Å². The van der Waals surface area contributed by atoms with Crippen LogP contribution in [0.1, 0.15) is 45.4 Å². The first kappa shape index (κ1) is 13.8. The van der Waals surface area contributed by atoms with Gasteiger partial charge < -0.3 is 10.6 Å². The summed E-state index contributed by atoms with van der Waals surface area (Å²) in [5.74, 6) is 0.218. The van der Waals surface area contributed by atoms with Crippen molar-refractivity contribution in [3.05, 3.63) is 0 Å². The molecule has 2 aliphatic rings. The van der Waals surface area contributed by atoms with Gasteiger partial charge in [-0.05, 0) is 38.6 Å². The minimum Gasteiger partial charge on any atom is -0.355 e. The Morgan fingerprint density at radius 3 is 2.78 bits per heavy atom. The van der Waals surface area contributed by atoms with Gasteiger partial charge >= 0.3 is 0 Å². The van der Waals surface area contributed by atoms with Crippen LogP contribution in [-0.4, -0.2) is 49.1 Å². The highest BCUT2D eigenvalue weighted by Gasteiger charge is 2.26. The van der Waals surface area contributed by atoms with Crippen molar-refractivity contribution in [2.75, 3.05) is 26.2 Å². The van der Waals surface area contributed by atoms with E-state index >= 15 is 0 Å². The Hall–Kier alpha value is -0.610. The molecule has 0 radical (unpaired) electrons. The molecule has 2 fully saturated rings. The number of carbonyl (C=O) groups excluding carboxylic acids is 1. The molecule has 1 amide bonds. The minimum absolute atomic E-state index is 0.218. The van der Waals surface area contributed by atoms with Crippen molar-refractivity contribution >= 4 is 5.91 Å². The second-order valence-electron chi connectivity index (χ2n) is 5.60. The summed E-state index contributed by atoms with van der Waals surface area (Å²) in [7, 11) is 0. The number of carbonyl (C=O) groups is 1. The average Bonchev–Trinajstić information content (AvgIpc) is 2.62. The van der Waals surface area contributed by atoms with Gasteiger partial charge in [-0.25, -0.2) is 0 Å². The summed E-state index contributed by atoms with van der Waals surface area (Å²) in [6.07, 6.45) is 7.06. The van der Waals surface area contributed by atoms with Gasteiger partial charge in [-0.1, -0.05) is 6.92 Å². The molecule has 1 saturated heterocycles. The van der Waals surface area contributed by atoms with E-state index in [0.29, 0.717) is 12.5 Å². The highest BCUT2D eigenvalue weighted by molar-refractivity contribution is 5.76. The Labute approximate surface area is 110 Å². The number of rotatable bonds is 4. The van der Waals surface area contributed by atoms with Crippen LogP contribution in [0.2, 0.25) is 0 Å². The summed E-state index contributed by atoms with van der Waals surface area (Å²) in [5, 5.41) is 6.59. The maximum Gasteiger partial charge on any atom is 0.221 e. The first-order valence-corrected chi connectivity index (χ1v) is 7.53. The van der Waals surface area contributed by atoms with Gasteiger partial charge in [0.05, 0.1) is 0 Å². The zero-order valence-electron chi connectivity index (χ0n) is 11.6. The maximum atomic E-state index is 11.3. The number of hydrogen-bond acceptors (Lipinski definition) is 3. The van der Waals surface area contributed by atoms with Gasteiger partial charge in [0.25, 0.3) is 0 Å². The Morgan fingerprint density at radius 1 is 1.28 bits per heavy atom. The molecule has 1 aliphatic heterocycles. The van der Waals surface area contributed by atoms with Crippen molar-refractivity contribution in [2.45, 2.75) is 57.5 Å². The number of hydrogen-bond donors (Lipinski definition) is 2. The molecule has 1 aliphatic carbocycles. The quantitative estimate of drug-likeness (QED) is 0.789. The van der Waals surface area contributed by atoms with Gasteiger partial charge in [0.15, 0.2) is 0 Å². The number of nitrogens with zero attached hydrogens (tertiary/aromatic N) is 1. The van der Waals surface area contributed by atoms with E-state index in [-0.39, 0.29) is 5.91 Å². The van der Waals surface area contributed by atoms with Gasteiger partial charge in [-0.2, -0.15) is 0 Å². The highest BCUT2D eigenvalue weighted by Crippen LogP contribution is 2.23. The normalized spacial score (nSPS) is 30.8. The monoisotopic (exact) mass is 253 g/mol. The fourth-order valence-corrected chi connectivity index (χ4v) is 3.14. The number of amides is 1. The summed E-state index contributed by atoms with van der Waals surface area (Å²) in [6, 6.07) is 1.44. The van der Waals surface area contributed by atoms with E-state index in [1.165, 1.54) is 32.1 Å². The third kappa shape index (κ3) is 3.95. The lowest BCUT2D eigenvalue weighted by molar-refractivity contribution is -0.120. The third-order valence-corrected chi connectivity index (χ3v) is 4.24. The Balaban J connectivity index is 1.73. The van der Waals surface area contributed by atoms with E-state index in [1.807, 2.05) is 0 Å². The maximum absolute atomic E-state index is 11.3. The van der Waals surface area contributed by atoms with Gasteiger partial charge in [-0.15, -0.1) is 0 Å². The zero-order valence-corrected chi connectivity index (χ0v) is 11.6. The van der Waals surface area contributed by atoms with Crippen LogP contribution >= 0.6 is 0 Å². The predicted molar refractivity (Wildman–Crippen MR) is 73.5 cm³/mol. The van der Waals surface area contributed by atoms with E-state index in [2.05, 4.69) is 22.5 Å². The Bertz CT molecular complexity index is 262. The van der Waals surface area contributed by atoms with Gasteiger partial charge in [-0.3, -0.25) is 9.69 Å². The third-order valence-electron chi connectivity index (χ3n) is 4.24. The summed E-state index contributed by atoms with van der Waals surface area (Å²) in [5.41, 5.74) is 0. The van der Waals surface area contributed by atoms with Crippen LogP contribution in [0.25, 0.3) is 0 Å². The summed E-state index contributed by atoms with van der Waals surface area (Å²) >= 11 is 0. The van der Waals surface area contributed by atoms with Crippen LogP contribution in [0.4, 0.5) is 0 Å². The molecule has 0 unspecified atom stereocenters. The topological polar surface area (TPSA) is 44.4 Å². The fourth-order valence-electron chi connectivity index (χ4n) is 3.14. The smallest absolute Gasteiger partial charge is 0.221 e. The lowest BCUT2D eigenvalue weighted by Gasteiger charge is -2.36. The van der Waals surface area contributed by atoms with E-state index < -0.39 is 0 Å². The molecule has 1 heterocycles. The second kappa shape index (κ2) is 7.10. The van der Waals surface area contributed by atoms with E-state index in [0.717, 1.165) is 32.2 Å². The van der Waals surface area contributed by atoms with Gasteiger partial charge in [0.1, 0.15) is 0 Å². The van der Waals surface area contributed by atoms with Crippen LogP contribution in [0, 0.1) is 0 Å². The van der Waals surface area contributed by atoms with Crippen molar-refractivity contribution < 1.29 is 4.79 Å². The molecule has 104 valence electrons. The molecule has 4 heteroatoms. The highest BCUT2D eigenvalue weighted by atomic mass is 16.1. The Morgan fingerprint density at radius 2 is 2.06 bits per heavy atom.